The second kappa shape index (κ2) is 9.41. The van der Waals surface area contributed by atoms with Gasteiger partial charge in [-0.2, -0.15) is 0 Å². The van der Waals surface area contributed by atoms with Crippen molar-refractivity contribution in [1.29, 1.82) is 0 Å². The van der Waals surface area contributed by atoms with Gasteiger partial charge in [-0.05, 0) is 42.8 Å². The number of Topliss-reactive ketones (excluding diaryl/α,β-unsaturated/α-hetero) is 1. The molecule has 4 N–H and O–H groups in total. The summed E-state index contributed by atoms with van der Waals surface area (Å²) in [5, 5.41) is 5.63. The number of hydrazine groups is 1. The molecule has 0 radical (unpaired) electrons. The lowest BCUT2D eigenvalue weighted by Gasteiger charge is -2.14. The number of anilines is 2. The number of carbonyl (C=O) groups excluding carboxylic acids is 3. The van der Waals surface area contributed by atoms with E-state index in [4.69, 9.17) is 4.74 Å². The molecular formula is C21H22N4O4. The number of amides is 2. The van der Waals surface area contributed by atoms with Gasteiger partial charge < -0.3 is 15.4 Å². The molecule has 2 aromatic carbocycles. The molecule has 3 rings (SSSR count). The van der Waals surface area contributed by atoms with Crippen LogP contribution in [-0.2, 0) is 14.4 Å². The molecule has 0 aliphatic carbocycles. The Morgan fingerprint density at radius 1 is 1.00 bits per heavy atom. The molecule has 1 aliphatic heterocycles. The zero-order valence-corrected chi connectivity index (χ0v) is 16.0. The number of para-hydroxylation sites is 1. The summed E-state index contributed by atoms with van der Waals surface area (Å²) in [7, 11) is 1.58. The minimum atomic E-state index is -0.426. The summed E-state index contributed by atoms with van der Waals surface area (Å²) >= 11 is 0. The molecule has 0 atom stereocenters. The molecule has 0 saturated carbocycles. The largest absolute Gasteiger partial charge is 0.497 e. The molecule has 1 saturated heterocycles. The topological polar surface area (TPSA) is 109 Å². The maximum Gasteiger partial charge on any atom is 0.257 e. The second-order valence-electron chi connectivity index (χ2n) is 6.35. The van der Waals surface area contributed by atoms with Gasteiger partial charge >= 0.3 is 0 Å². The van der Waals surface area contributed by atoms with Crippen LogP contribution in [0.1, 0.15) is 12.8 Å². The molecule has 0 aromatic heterocycles. The molecular weight excluding hydrogens is 372 g/mol. The van der Waals surface area contributed by atoms with E-state index in [0.717, 1.165) is 5.69 Å². The zero-order chi connectivity index (χ0) is 20.6. The molecule has 8 nitrogen and oxygen atoms in total. The van der Waals surface area contributed by atoms with Gasteiger partial charge in [-0.15, -0.1) is 0 Å². The fraction of sp³-hybridized carbons (Fsp3) is 0.190. The summed E-state index contributed by atoms with van der Waals surface area (Å²) < 4.78 is 5.09. The molecule has 1 heterocycles. The van der Waals surface area contributed by atoms with Gasteiger partial charge in [0.15, 0.2) is 5.78 Å². The standard InChI is InChI=1S/C21H22N4O4/c1-29-16-9-7-15(8-10-16)24-25-19(27)12-11-17(20-18(26)13-22-21(20)28)23-14-5-3-2-4-6-14/h2-10,23-24H,11-13H2,1H3,(H,22,28)(H,25,27). The van der Waals surface area contributed by atoms with E-state index in [1.165, 1.54) is 0 Å². The van der Waals surface area contributed by atoms with Crippen LogP contribution in [-0.4, -0.2) is 31.3 Å². The third kappa shape index (κ3) is 5.35. The van der Waals surface area contributed by atoms with E-state index in [0.29, 0.717) is 17.1 Å². The van der Waals surface area contributed by atoms with E-state index in [1.807, 2.05) is 30.3 Å². The Bertz CT molecular complexity index is 905. The van der Waals surface area contributed by atoms with Crippen LogP contribution in [0.4, 0.5) is 11.4 Å². The lowest BCUT2D eigenvalue weighted by molar-refractivity contribution is -0.121. The first-order valence-electron chi connectivity index (χ1n) is 9.12. The Morgan fingerprint density at radius 3 is 2.34 bits per heavy atom. The maximum atomic E-state index is 12.2. The quantitative estimate of drug-likeness (QED) is 0.310. The first-order valence-corrected chi connectivity index (χ1v) is 9.12. The SMILES string of the molecule is COc1ccc(NNC(=O)CCC(Nc2ccccc2)=C2C(=O)CNC2=O)cc1. The molecule has 1 aliphatic rings. The average Bonchev–Trinajstić information content (AvgIpc) is 3.08. The molecule has 2 amide bonds. The summed E-state index contributed by atoms with van der Waals surface area (Å²) in [4.78, 5) is 36.4. The van der Waals surface area contributed by atoms with Crippen molar-refractivity contribution in [2.45, 2.75) is 12.8 Å². The highest BCUT2D eigenvalue weighted by molar-refractivity contribution is 6.25. The molecule has 2 aromatic rings. The number of hydrogen-bond donors (Lipinski definition) is 4. The van der Waals surface area contributed by atoms with Gasteiger partial charge in [0, 0.05) is 17.8 Å². The Balaban J connectivity index is 1.63. The summed E-state index contributed by atoms with van der Waals surface area (Å²) in [6, 6.07) is 16.3. The number of rotatable bonds is 8. The minimum absolute atomic E-state index is 0.0284. The van der Waals surface area contributed by atoms with Crippen LogP contribution in [0.15, 0.2) is 65.9 Å². The van der Waals surface area contributed by atoms with Crippen molar-refractivity contribution in [3.05, 3.63) is 65.9 Å². The van der Waals surface area contributed by atoms with Crippen molar-refractivity contribution in [2.75, 3.05) is 24.4 Å². The highest BCUT2D eigenvalue weighted by atomic mass is 16.5. The fourth-order valence-electron chi connectivity index (χ4n) is 2.83. The number of benzene rings is 2. The summed E-state index contributed by atoms with van der Waals surface area (Å²) in [6.45, 7) is -0.0284. The van der Waals surface area contributed by atoms with Gasteiger partial charge in [-0.25, -0.2) is 0 Å². The first-order chi connectivity index (χ1) is 14.1. The molecule has 1 fully saturated rings. The van der Waals surface area contributed by atoms with Gasteiger partial charge in [0.05, 0.1) is 19.3 Å². The zero-order valence-electron chi connectivity index (χ0n) is 16.0. The Morgan fingerprint density at radius 2 is 1.72 bits per heavy atom. The lowest BCUT2D eigenvalue weighted by atomic mass is 10.1. The molecule has 29 heavy (non-hydrogen) atoms. The third-order valence-corrected chi connectivity index (χ3v) is 4.32. The highest BCUT2D eigenvalue weighted by Gasteiger charge is 2.29. The van der Waals surface area contributed by atoms with Crippen LogP contribution in [0.5, 0.6) is 5.75 Å². The Hall–Kier alpha value is -3.81. The summed E-state index contributed by atoms with van der Waals surface area (Å²) in [6.07, 6.45) is 0.294. The molecule has 8 heteroatoms. The maximum absolute atomic E-state index is 12.2. The number of allylic oxidation sites excluding steroid dienone is 1. The molecule has 0 bridgehead atoms. The van der Waals surface area contributed by atoms with Crippen LogP contribution in [0.25, 0.3) is 0 Å². The molecule has 0 unspecified atom stereocenters. The fourth-order valence-corrected chi connectivity index (χ4v) is 2.83. The van der Waals surface area contributed by atoms with E-state index < -0.39 is 5.91 Å². The predicted octanol–water partition coefficient (Wildman–Crippen LogP) is 1.98. The van der Waals surface area contributed by atoms with Crippen molar-refractivity contribution in [1.82, 2.24) is 10.7 Å². The summed E-state index contributed by atoms with van der Waals surface area (Å²) in [5.74, 6) is -0.278. The minimum Gasteiger partial charge on any atom is -0.497 e. The van der Waals surface area contributed by atoms with Gasteiger partial charge in [-0.3, -0.25) is 25.2 Å². The first kappa shape index (κ1) is 19.9. The number of nitrogens with one attached hydrogen (secondary N) is 4. The van der Waals surface area contributed by atoms with E-state index in [9.17, 15) is 14.4 Å². The Labute approximate surface area is 168 Å². The molecule has 0 spiro atoms. The van der Waals surface area contributed by atoms with Crippen LogP contribution < -0.4 is 26.2 Å². The van der Waals surface area contributed by atoms with E-state index in [-0.39, 0.29) is 36.6 Å². The highest BCUT2D eigenvalue weighted by Crippen LogP contribution is 2.20. The van der Waals surface area contributed by atoms with Crippen molar-refractivity contribution in [3.63, 3.8) is 0 Å². The predicted molar refractivity (Wildman–Crippen MR) is 109 cm³/mol. The lowest BCUT2D eigenvalue weighted by Crippen LogP contribution is -2.29. The average molecular weight is 394 g/mol. The van der Waals surface area contributed by atoms with Crippen molar-refractivity contribution in [3.8, 4) is 5.75 Å². The van der Waals surface area contributed by atoms with Gasteiger partial charge in [0.2, 0.25) is 5.91 Å². The van der Waals surface area contributed by atoms with E-state index in [1.54, 1.807) is 31.4 Å². The second-order valence-corrected chi connectivity index (χ2v) is 6.35. The van der Waals surface area contributed by atoms with Gasteiger partial charge in [-0.1, -0.05) is 18.2 Å². The summed E-state index contributed by atoms with van der Waals surface area (Å²) in [5.41, 5.74) is 7.36. The normalized spacial score (nSPS) is 14.8. The number of methoxy groups -OCH3 is 1. The number of ketones is 1. The van der Waals surface area contributed by atoms with Gasteiger partial charge in [0.25, 0.3) is 5.91 Å². The molecule has 150 valence electrons. The number of carbonyl (C=O) groups is 3. The van der Waals surface area contributed by atoms with Crippen molar-refractivity contribution in [2.24, 2.45) is 0 Å². The smallest absolute Gasteiger partial charge is 0.257 e. The number of hydrogen-bond acceptors (Lipinski definition) is 6. The van der Waals surface area contributed by atoms with Crippen LogP contribution in [0, 0.1) is 0 Å². The number of ether oxygens (including phenoxy) is 1. The van der Waals surface area contributed by atoms with E-state index in [2.05, 4.69) is 21.5 Å². The van der Waals surface area contributed by atoms with Crippen molar-refractivity contribution >= 4 is 29.0 Å². The monoisotopic (exact) mass is 394 g/mol. The van der Waals surface area contributed by atoms with Crippen LogP contribution in [0.3, 0.4) is 0 Å². The van der Waals surface area contributed by atoms with E-state index >= 15 is 0 Å². The van der Waals surface area contributed by atoms with Crippen LogP contribution >= 0.6 is 0 Å². The van der Waals surface area contributed by atoms with Gasteiger partial charge in [0.1, 0.15) is 11.3 Å². The van der Waals surface area contributed by atoms with Crippen molar-refractivity contribution < 1.29 is 19.1 Å². The third-order valence-electron chi connectivity index (χ3n) is 4.32. The van der Waals surface area contributed by atoms with Crippen LogP contribution in [0.2, 0.25) is 0 Å². The Kier molecular flexibility index (Phi) is 6.47.